The highest BCUT2D eigenvalue weighted by Crippen LogP contribution is 2.10. The quantitative estimate of drug-likeness (QED) is 0.414. The van der Waals surface area contributed by atoms with Crippen LogP contribution in [0.5, 0.6) is 0 Å². The fourth-order valence-electron chi connectivity index (χ4n) is 1.75. The summed E-state index contributed by atoms with van der Waals surface area (Å²) in [5.74, 6) is 0. The second-order valence-corrected chi connectivity index (χ2v) is 4.35. The summed E-state index contributed by atoms with van der Waals surface area (Å²) in [6.07, 6.45) is 10.3. The number of ether oxygens (including phenoxy) is 1. The van der Waals surface area contributed by atoms with Gasteiger partial charge in [0.2, 0.25) is 0 Å². The number of aliphatic hydroxyl groups excluding tert-OH is 1. The average Bonchev–Trinajstić information content (AvgIpc) is 2.30. The summed E-state index contributed by atoms with van der Waals surface area (Å²) >= 11 is 0. The third-order valence-corrected chi connectivity index (χ3v) is 2.75. The van der Waals surface area contributed by atoms with Gasteiger partial charge in [0.05, 0.1) is 6.10 Å². The normalized spacial score (nSPS) is 12.4. The lowest BCUT2D eigenvalue weighted by Gasteiger charge is -2.08. The molecule has 1 atom stereocenters. The summed E-state index contributed by atoms with van der Waals surface area (Å²) in [6.45, 7) is 2.75. The van der Waals surface area contributed by atoms with Crippen LogP contribution in [0.25, 0.3) is 0 Å². The van der Waals surface area contributed by atoms with E-state index in [0.29, 0.717) is 6.47 Å². The maximum absolute atomic E-state index is 9.88. The van der Waals surface area contributed by atoms with Crippen LogP contribution in [0.3, 0.4) is 0 Å². The number of unbranched alkanes of at least 4 members (excludes halogenated alkanes) is 7. The molecular weight excluding hydrogens is 204 g/mol. The van der Waals surface area contributed by atoms with Crippen LogP contribution in [-0.2, 0) is 9.53 Å². The number of hydrogen-bond donors (Lipinski definition) is 1. The Hall–Kier alpha value is -0.570. The summed E-state index contributed by atoms with van der Waals surface area (Å²) in [5.41, 5.74) is 0. The minimum Gasteiger partial charge on any atom is -0.465 e. The van der Waals surface area contributed by atoms with Crippen molar-refractivity contribution in [3.63, 3.8) is 0 Å². The van der Waals surface area contributed by atoms with Crippen molar-refractivity contribution in [2.24, 2.45) is 0 Å². The fraction of sp³-hybridized carbons (Fsp3) is 0.923. The van der Waals surface area contributed by atoms with E-state index < -0.39 is 6.10 Å². The van der Waals surface area contributed by atoms with Crippen LogP contribution < -0.4 is 0 Å². The van der Waals surface area contributed by atoms with Crippen LogP contribution in [-0.4, -0.2) is 24.3 Å². The highest BCUT2D eigenvalue weighted by Gasteiger charge is 2.03. The van der Waals surface area contributed by atoms with Gasteiger partial charge in [-0.1, -0.05) is 58.3 Å². The van der Waals surface area contributed by atoms with Crippen LogP contribution in [0.4, 0.5) is 0 Å². The SMILES string of the molecule is CCCCCCCCCCC(O)COC=O. The lowest BCUT2D eigenvalue weighted by molar-refractivity contribution is -0.131. The van der Waals surface area contributed by atoms with Gasteiger partial charge in [0.15, 0.2) is 0 Å². The van der Waals surface area contributed by atoms with Crippen molar-refractivity contribution in [1.82, 2.24) is 0 Å². The molecule has 1 unspecified atom stereocenters. The molecule has 0 fully saturated rings. The molecule has 0 aromatic heterocycles. The highest BCUT2D eigenvalue weighted by molar-refractivity contribution is 5.36. The predicted molar refractivity (Wildman–Crippen MR) is 65.2 cm³/mol. The molecule has 16 heavy (non-hydrogen) atoms. The van der Waals surface area contributed by atoms with Crippen LogP contribution in [0.15, 0.2) is 0 Å². The molecule has 0 heterocycles. The topological polar surface area (TPSA) is 46.5 Å². The second kappa shape index (κ2) is 12.5. The van der Waals surface area contributed by atoms with Gasteiger partial charge in [0, 0.05) is 0 Å². The van der Waals surface area contributed by atoms with Crippen molar-refractivity contribution < 1.29 is 14.6 Å². The van der Waals surface area contributed by atoms with Gasteiger partial charge in [-0.2, -0.15) is 0 Å². The van der Waals surface area contributed by atoms with E-state index in [0.717, 1.165) is 12.8 Å². The molecule has 0 spiro atoms. The maximum atomic E-state index is 9.88. The van der Waals surface area contributed by atoms with Crippen LogP contribution in [0.2, 0.25) is 0 Å². The van der Waals surface area contributed by atoms with Crippen molar-refractivity contribution in [2.75, 3.05) is 6.61 Å². The molecule has 1 N–H and O–H groups in total. The molecule has 0 amide bonds. The van der Waals surface area contributed by atoms with Gasteiger partial charge in [-0.05, 0) is 6.42 Å². The van der Waals surface area contributed by atoms with Gasteiger partial charge in [-0.25, -0.2) is 0 Å². The highest BCUT2D eigenvalue weighted by atomic mass is 16.5. The summed E-state index contributed by atoms with van der Waals surface area (Å²) < 4.78 is 4.49. The van der Waals surface area contributed by atoms with Gasteiger partial charge in [0.1, 0.15) is 6.61 Å². The first-order valence-corrected chi connectivity index (χ1v) is 6.54. The van der Waals surface area contributed by atoms with Crippen molar-refractivity contribution in [1.29, 1.82) is 0 Å². The van der Waals surface area contributed by atoms with E-state index in [9.17, 15) is 9.90 Å². The van der Waals surface area contributed by atoms with E-state index >= 15 is 0 Å². The summed E-state index contributed by atoms with van der Waals surface area (Å²) in [4.78, 5) is 9.88. The van der Waals surface area contributed by atoms with Gasteiger partial charge >= 0.3 is 0 Å². The van der Waals surface area contributed by atoms with Crippen LogP contribution >= 0.6 is 0 Å². The van der Waals surface area contributed by atoms with E-state index in [1.807, 2.05) is 0 Å². The fourth-order valence-corrected chi connectivity index (χ4v) is 1.75. The number of rotatable bonds is 12. The first-order chi connectivity index (χ1) is 7.81. The lowest BCUT2D eigenvalue weighted by Crippen LogP contribution is -2.14. The minimum atomic E-state index is -0.481. The summed E-state index contributed by atoms with van der Waals surface area (Å²) in [6, 6.07) is 0. The summed E-state index contributed by atoms with van der Waals surface area (Å²) in [7, 11) is 0. The Balaban J connectivity index is 3.05. The van der Waals surface area contributed by atoms with E-state index in [-0.39, 0.29) is 6.61 Å². The Morgan fingerprint density at radius 1 is 1.06 bits per heavy atom. The Labute approximate surface area is 99.2 Å². The van der Waals surface area contributed by atoms with Crippen molar-refractivity contribution in [3.05, 3.63) is 0 Å². The molecule has 0 saturated carbocycles. The maximum Gasteiger partial charge on any atom is 0.293 e. The molecule has 0 saturated heterocycles. The second-order valence-electron chi connectivity index (χ2n) is 4.35. The molecule has 0 aromatic rings. The van der Waals surface area contributed by atoms with Crippen molar-refractivity contribution in [3.8, 4) is 0 Å². The largest absolute Gasteiger partial charge is 0.465 e. The molecule has 0 radical (unpaired) electrons. The van der Waals surface area contributed by atoms with Crippen LogP contribution in [0, 0.1) is 0 Å². The van der Waals surface area contributed by atoms with Crippen LogP contribution in [0.1, 0.15) is 64.7 Å². The molecule has 0 rings (SSSR count). The van der Waals surface area contributed by atoms with E-state index in [4.69, 9.17) is 0 Å². The minimum absolute atomic E-state index is 0.139. The van der Waals surface area contributed by atoms with Gasteiger partial charge in [-0.15, -0.1) is 0 Å². The molecule has 0 bridgehead atoms. The lowest BCUT2D eigenvalue weighted by atomic mass is 10.1. The van der Waals surface area contributed by atoms with Gasteiger partial charge in [0.25, 0.3) is 6.47 Å². The number of aliphatic hydroxyl groups is 1. The predicted octanol–water partition coefficient (Wildman–Crippen LogP) is 3.05. The first kappa shape index (κ1) is 15.4. The Bertz CT molecular complexity index is 148. The van der Waals surface area contributed by atoms with E-state index in [1.165, 1.54) is 44.9 Å². The zero-order valence-corrected chi connectivity index (χ0v) is 10.5. The van der Waals surface area contributed by atoms with Crippen molar-refractivity contribution >= 4 is 6.47 Å². The average molecular weight is 230 g/mol. The Kier molecular flexibility index (Phi) is 12.1. The Morgan fingerprint density at radius 2 is 1.62 bits per heavy atom. The number of carbonyl (C=O) groups excluding carboxylic acids is 1. The third-order valence-electron chi connectivity index (χ3n) is 2.75. The molecule has 0 aromatic carbocycles. The van der Waals surface area contributed by atoms with E-state index in [1.54, 1.807) is 0 Å². The zero-order chi connectivity index (χ0) is 12.1. The molecule has 96 valence electrons. The van der Waals surface area contributed by atoms with Gasteiger partial charge < -0.3 is 9.84 Å². The number of hydrogen-bond acceptors (Lipinski definition) is 3. The molecule has 0 aliphatic heterocycles. The van der Waals surface area contributed by atoms with Crippen molar-refractivity contribution in [2.45, 2.75) is 70.8 Å². The molecule has 0 aliphatic carbocycles. The first-order valence-electron chi connectivity index (χ1n) is 6.54. The standard InChI is InChI=1S/C13H26O3/c1-2-3-4-5-6-7-8-9-10-13(15)11-16-12-14/h12-13,15H,2-11H2,1H3. The number of carbonyl (C=O) groups is 1. The van der Waals surface area contributed by atoms with Gasteiger partial charge in [-0.3, -0.25) is 4.79 Å². The zero-order valence-electron chi connectivity index (χ0n) is 10.5. The monoisotopic (exact) mass is 230 g/mol. The Morgan fingerprint density at radius 3 is 2.19 bits per heavy atom. The molecule has 3 heteroatoms. The molecule has 0 aliphatic rings. The summed E-state index contributed by atoms with van der Waals surface area (Å²) in [5, 5.41) is 9.37. The molecule has 3 nitrogen and oxygen atoms in total. The van der Waals surface area contributed by atoms with E-state index in [2.05, 4.69) is 11.7 Å². The smallest absolute Gasteiger partial charge is 0.293 e. The third kappa shape index (κ3) is 11.5. The molecular formula is C13H26O3.